The summed E-state index contributed by atoms with van der Waals surface area (Å²) in [5.74, 6) is 0.145. The van der Waals surface area contributed by atoms with Gasteiger partial charge in [-0.25, -0.2) is 9.67 Å². The maximum absolute atomic E-state index is 12.9. The molecule has 0 bridgehead atoms. The zero-order valence-corrected chi connectivity index (χ0v) is 18.2. The average Bonchev–Trinajstić information content (AvgIpc) is 3.43. The predicted octanol–water partition coefficient (Wildman–Crippen LogP) is 0.823. The maximum atomic E-state index is 12.9. The second-order valence-corrected chi connectivity index (χ2v) is 8.81. The van der Waals surface area contributed by atoms with Crippen molar-refractivity contribution >= 4 is 11.8 Å². The van der Waals surface area contributed by atoms with Crippen molar-refractivity contribution in [2.45, 2.75) is 57.9 Å². The molecule has 3 aliphatic rings. The van der Waals surface area contributed by atoms with E-state index >= 15 is 0 Å². The summed E-state index contributed by atoms with van der Waals surface area (Å²) in [5, 5.41) is 11.6. The zero-order chi connectivity index (χ0) is 22.1. The SMILES string of the molecule is Cc1ncoc1C(=O)N1CCCC2(C1)Cn1nnc(CNC(=O)C3CCOCC3)c1CO2. The van der Waals surface area contributed by atoms with Crippen molar-refractivity contribution in [2.75, 3.05) is 26.3 Å². The summed E-state index contributed by atoms with van der Waals surface area (Å²) in [4.78, 5) is 31.1. The Morgan fingerprint density at radius 3 is 2.91 bits per heavy atom. The van der Waals surface area contributed by atoms with Crippen LogP contribution in [0.15, 0.2) is 10.8 Å². The van der Waals surface area contributed by atoms with Gasteiger partial charge < -0.3 is 24.1 Å². The molecule has 172 valence electrons. The van der Waals surface area contributed by atoms with Crippen LogP contribution in [0.5, 0.6) is 0 Å². The Hall–Kier alpha value is -2.79. The molecule has 5 heterocycles. The van der Waals surface area contributed by atoms with E-state index in [9.17, 15) is 9.59 Å². The van der Waals surface area contributed by atoms with Crippen LogP contribution in [0.1, 0.15) is 53.3 Å². The van der Waals surface area contributed by atoms with Gasteiger partial charge >= 0.3 is 0 Å². The van der Waals surface area contributed by atoms with Gasteiger partial charge in [0.15, 0.2) is 6.39 Å². The number of oxazole rings is 1. The summed E-state index contributed by atoms with van der Waals surface area (Å²) >= 11 is 0. The van der Waals surface area contributed by atoms with E-state index in [0.29, 0.717) is 51.7 Å². The first-order valence-corrected chi connectivity index (χ1v) is 11.1. The van der Waals surface area contributed by atoms with Crippen molar-refractivity contribution in [1.82, 2.24) is 30.2 Å². The summed E-state index contributed by atoms with van der Waals surface area (Å²) in [6, 6.07) is 0. The Morgan fingerprint density at radius 1 is 1.28 bits per heavy atom. The van der Waals surface area contributed by atoms with Crippen molar-refractivity contribution in [3.8, 4) is 0 Å². The lowest BCUT2D eigenvalue weighted by Gasteiger charge is -2.44. The fourth-order valence-corrected chi connectivity index (χ4v) is 4.77. The Kier molecular flexibility index (Phi) is 5.68. The number of fused-ring (bicyclic) bond motifs is 1. The van der Waals surface area contributed by atoms with E-state index in [1.54, 1.807) is 11.8 Å². The van der Waals surface area contributed by atoms with Crippen molar-refractivity contribution in [1.29, 1.82) is 0 Å². The van der Waals surface area contributed by atoms with Crippen LogP contribution in [0.2, 0.25) is 0 Å². The molecule has 2 fully saturated rings. The van der Waals surface area contributed by atoms with Gasteiger partial charge in [0.05, 0.1) is 37.6 Å². The molecule has 1 spiro atoms. The fraction of sp³-hybridized carbons (Fsp3) is 0.667. The number of aryl methyl sites for hydroxylation is 1. The lowest BCUT2D eigenvalue weighted by Crippen LogP contribution is -2.55. The minimum absolute atomic E-state index is 0.00609. The van der Waals surface area contributed by atoms with Gasteiger partial charge in [-0.2, -0.15) is 0 Å². The van der Waals surface area contributed by atoms with Crippen LogP contribution < -0.4 is 5.32 Å². The third-order valence-electron chi connectivity index (χ3n) is 6.66. The van der Waals surface area contributed by atoms with Crippen LogP contribution >= 0.6 is 0 Å². The molecule has 5 rings (SSSR count). The van der Waals surface area contributed by atoms with Gasteiger partial charge in [0.1, 0.15) is 11.3 Å². The van der Waals surface area contributed by atoms with E-state index < -0.39 is 5.60 Å². The van der Waals surface area contributed by atoms with E-state index in [1.165, 1.54) is 6.39 Å². The number of ether oxygens (including phenoxy) is 2. The molecule has 2 aromatic heterocycles. The van der Waals surface area contributed by atoms with E-state index in [2.05, 4.69) is 20.6 Å². The van der Waals surface area contributed by atoms with Gasteiger partial charge in [0.25, 0.3) is 5.91 Å². The maximum Gasteiger partial charge on any atom is 0.291 e. The van der Waals surface area contributed by atoms with Crippen molar-refractivity contribution in [2.24, 2.45) is 5.92 Å². The minimum Gasteiger partial charge on any atom is -0.438 e. The van der Waals surface area contributed by atoms with Crippen LogP contribution in [0, 0.1) is 12.8 Å². The average molecular weight is 444 g/mol. The van der Waals surface area contributed by atoms with Crippen LogP contribution in [-0.4, -0.2) is 68.6 Å². The van der Waals surface area contributed by atoms with E-state index in [4.69, 9.17) is 13.9 Å². The summed E-state index contributed by atoms with van der Waals surface area (Å²) in [6.45, 7) is 5.32. The molecule has 1 atom stereocenters. The highest BCUT2D eigenvalue weighted by Gasteiger charge is 2.43. The van der Waals surface area contributed by atoms with Crippen molar-refractivity contribution < 1.29 is 23.5 Å². The molecule has 2 aromatic rings. The highest BCUT2D eigenvalue weighted by Crippen LogP contribution is 2.33. The van der Waals surface area contributed by atoms with Crippen LogP contribution in [-0.2, 0) is 34.0 Å². The second kappa shape index (κ2) is 8.62. The first kappa shape index (κ1) is 21.1. The summed E-state index contributed by atoms with van der Waals surface area (Å²) in [5.41, 5.74) is 1.68. The number of carbonyl (C=O) groups is 2. The second-order valence-electron chi connectivity index (χ2n) is 8.81. The quantitative estimate of drug-likeness (QED) is 0.735. The molecular weight excluding hydrogens is 416 g/mol. The number of hydrogen-bond donors (Lipinski definition) is 1. The molecule has 1 N–H and O–H groups in total. The number of nitrogens with zero attached hydrogens (tertiary/aromatic N) is 5. The Bertz CT molecular complexity index is 997. The highest BCUT2D eigenvalue weighted by atomic mass is 16.5. The predicted molar refractivity (Wildman–Crippen MR) is 109 cm³/mol. The minimum atomic E-state index is -0.509. The first-order chi connectivity index (χ1) is 15.5. The topological polar surface area (TPSA) is 125 Å². The standard InChI is InChI=1S/C21H28N6O5/c1-14-18(31-13-23-14)20(29)26-6-2-5-21(11-26)12-27-17(10-32-21)16(24-25-27)9-22-19(28)15-3-7-30-8-4-15/h13,15H,2-12H2,1H3,(H,22,28). The van der Waals surface area contributed by atoms with Gasteiger partial charge in [0, 0.05) is 25.7 Å². The fourth-order valence-electron chi connectivity index (χ4n) is 4.77. The number of hydrogen-bond acceptors (Lipinski definition) is 8. The lowest BCUT2D eigenvalue weighted by atomic mass is 9.91. The highest BCUT2D eigenvalue weighted by molar-refractivity contribution is 5.92. The molecule has 0 saturated carbocycles. The van der Waals surface area contributed by atoms with Gasteiger partial charge in [-0.3, -0.25) is 9.59 Å². The molecule has 1 unspecified atom stereocenters. The largest absolute Gasteiger partial charge is 0.438 e. The third kappa shape index (κ3) is 4.02. The lowest BCUT2D eigenvalue weighted by molar-refractivity contribution is -0.128. The molecule has 2 amide bonds. The smallest absolute Gasteiger partial charge is 0.291 e. The monoisotopic (exact) mass is 444 g/mol. The Balaban J connectivity index is 1.23. The molecule has 2 saturated heterocycles. The Labute approximate surface area is 185 Å². The molecule has 3 aliphatic heterocycles. The molecule has 11 heteroatoms. The number of aromatic nitrogens is 4. The van der Waals surface area contributed by atoms with Crippen molar-refractivity contribution in [3.05, 3.63) is 29.2 Å². The summed E-state index contributed by atoms with van der Waals surface area (Å²) < 4.78 is 18.8. The molecule has 0 aliphatic carbocycles. The van der Waals surface area contributed by atoms with Gasteiger partial charge in [0.2, 0.25) is 11.7 Å². The van der Waals surface area contributed by atoms with Crippen molar-refractivity contribution in [3.63, 3.8) is 0 Å². The number of rotatable bonds is 4. The summed E-state index contributed by atoms with van der Waals surface area (Å²) in [6.07, 6.45) is 4.46. The van der Waals surface area contributed by atoms with E-state index in [0.717, 1.165) is 37.1 Å². The summed E-state index contributed by atoms with van der Waals surface area (Å²) in [7, 11) is 0. The van der Waals surface area contributed by atoms with Gasteiger partial charge in [-0.15, -0.1) is 5.10 Å². The van der Waals surface area contributed by atoms with Crippen LogP contribution in [0.4, 0.5) is 0 Å². The normalized spacial score (nSPS) is 23.8. The van der Waals surface area contributed by atoms with Gasteiger partial charge in [-0.1, -0.05) is 5.21 Å². The Morgan fingerprint density at radius 2 is 2.12 bits per heavy atom. The number of piperidine rings is 1. The molecule has 0 radical (unpaired) electrons. The van der Waals surface area contributed by atoms with E-state index in [-0.39, 0.29) is 23.5 Å². The molecular formula is C21H28N6O5. The number of amides is 2. The van der Waals surface area contributed by atoms with Gasteiger partial charge in [-0.05, 0) is 32.6 Å². The number of likely N-dealkylation sites (tertiary alicyclic amines) is 1. The number of carbonyl (C=O) groups excluding carboxylic acids is 2. The molecule has 11 nitrogen and oxygen atoms in total. The van der Waals surface area contributed by atoms with E-state index in [1.807, 2.05) is 4.68 Å². The third-order valence-corrected chi connectivity index (χ3v) is 6.66. The molecule has 32 heavy (non-hydrogen) atoms. The first-order valence-electron chi connectivity index (χ1n) is 11.1. The van der Waals surface area contributed by atoms with Crippen LogP contribution in [0.3, 0.4) is 0 Å². The zero-order valence-electron chi connectivity index (χ0n) is 18.2. The molecule has 0 aromatic carbocycles. The number of nitrogens with one attached hydrogen (secondary N) is 1. The van der Waals surface area contributed by atoms with Crippen LogP contribution in [0.25, 0.3) is 0 Å².